The van der Waals surface area contributed by atoms with Crippen molar-refractivity contribution >= 4 is 11.6 Å². The van der Waals surface area contributed by atoms with Gasteiger partial charge in [-0.3, -0.25) is 14.9 Å². The van der Waals surface area contributed by atoms with Crippen LogP contribution in [0.2, 0.25) is 0 Å². The Balaban J connectivity index is 1.67. The van der Waals surface area contributed by atoms with Crippen molar-refractivity contribution < 1.29 is 14.8 Å². The second kappa shape index (κ2) is 7.02. The van der Waals surface area contributed by atoms with Gasteiger partial charge in [-0.2, -0.15) is 5.10 Å². The Labute approximate surface area is 144 Å². The SMILES string of the molecule is O=C(NCC1(O)CCCCC1)c1ccn(-c2cccc([N+](=O)[O-])c2)n1. The van der Waals surface area contributed by atoms with Crippen molar-refractivity contribution in [3.8, 4) is 5.69 Å². The molecule has 1 saturated carbocycles. The van der Waals surface area contributed by atoms with E-state index in [0.717, 1.165) is 19.3 Å². The van der Waals surface area contributed by atoms with Gasteiger partial charge in [-0.25, -0.2) is 4.68 Å². The number of nitro benzene ring substituents is 1. The Morgan fingerprint density at radius 3 is 2.80 bits per heavy atom. The van der Waals surface area contributed by atoms with E-state index in [1.165, 1.54) is 16.8 Å². The minimum atomic E-state index is -0.837. The molecule has 2 aromatic rings. The lowest BCUT2D eigenvalue weighted by Gasteiger charge is -2.31. The summed E-state index contributed by atoms with van der Waals surface area (Å²) in [5.74, 6) is -0.372. The number of aliphatic hydroxyl groups is 1. The van der Waals surface area contributed by atoms with E-state index in [0.29, 0.717) is 18.5 Å². The third kappa shape index (κ3) is 4.03. The highest BCUT2D eigenvalue weighted by Crippen LogP contribution is 2.27. The highest BCUT2D eigenvalue weighted by atomic mass is 16.6. The van der Waals surface area contributed by atoms with Crippen molar-refractivity contribution in [1.82, 2.24) is 15.1 Å². The zero-order chi connectivity index (χ0) is 17.9. The third-order valence-electron chi connectivity index (χ3n) is 4.49. The smallest absolute Gasteiger partial charge is 0.271 e. The zero-order valence-electron chi connectivity index (χ0n) is 13.7. The fourth-order valence-electron chi connectivity index (χ4n) is 3.06. The number of carbonyl (C=O) groups is 1. The maximum atomic E-state index is 12.2. The molecule has 3 rings (SSSR count). The number of nitrogens with one attached hydrogen (secondary N) is 1. The Morgan fingerprint density at radius 2 is 2.08 bits per heavy atom. The van der Waals surface area contributed by atoms with Gasteiger partial charge in [0.1, 0.15) is 0 Å². The van der Waals surface area contributed by atoms with Gasteiger partial charge in [-0.1, -0.05) is 25.3 Å². The molecule has 0 unspecified atom stereocenters. The molecule has 1 heterocycles. The minimum Gasteiger partial charge on any atom is -0.388 e. The predicted octanol–water partition coefficient (Wildman–Crippen LogP) is 2.21. The average molecular weight is 344 g/mol. The Kier molecular flexibility index (Phi) is 4.80. The highest BCUT2D eigenvalue weighted by molar-refractivity contribution is 5.92. The first-order chi connectivity index (χ1) is 12.0. The molecule has 25 heavy (non-hydrogen) atoms. The summed E-state index contributed by atoms with van der Waals surface area (Å²) in [5.41, 5.74) is -0.181. The monoisotopic (exact) mass is 344 g/mol. The maximum Gasteiger partial charge on any atom is 0.271 e. The lowest BCUT2D eigenvalue weighted by molar-refractivity contribution is -0.384. The Morgan fingerprint density at radius 1 is 1.32 bits per heavy atom. The van der Waals surface area contributed by atoms with Crippen LogP contribution < -0.4 is 5.32 Å². The molecular weight excluding hydrogens is 324 g/mol. The van der Waals surface area contributed by atoms with Crippen LogP contribution in [0.25, 0.3) is 5.69 Å². The van der Waals surface area contributed by atoms with E-state index >= 15 is 0 Å². The van der Waals surface area contributed by atoms with Gasteiger partial charge in [0.2, 0.25) is 0 Å². The summed E-state index contributed by atoms with van der Waals surface area (Å²) < 4.78 is 1.41. The van der Waals surface area contributed by atoms with Crippen LogP contribution >= 0.6 is 0 Å². The van der Waals surface area contributed by atoms with Crippen LogP contribution in [0.5, 0.6) is 0 Å². The molecule has 1 aliphatic carbocycles. The van der Waals surface area contributed by atoms with E-state index in [1.54, 1.807) is 24.4 Å². The molecule has 1 fully saturated rings. The summed E-state index contributed by atoms with van der Waals surface area (Å²) in [6.07, 6.45) is 6.00. The van der Waals surface area contributed by atoms with Crippen LogP contribution in [-0.4, -0.2) is 37.9 Å². The van der Waals surface area contributed by atoms with E-state index in [4.69, 9.17) is 0 Å². The van der Waals surface area contributed by atoms with Crippen LogP contribution in [0.3, 0.4) is 0 Å². The molecule has 1 amide bonds. The number of aromatic nitrogens is 2. The van der Waals surface area contributed by atoms with Gasteiger partial charge in [0, 0.05) is 24.9 Å². The van der Waals surface area contributed by atoms with Crippen molar-refractivity contribution in [2.24, 2.45) is 0 Å². The molecule has 2 N–H and O–H groups in total. The van der Waals surface area contributed by atoms with Gasteiger partial charge < -0.3 is 10.4 Å². The minimum absolute atomic E-state index is 0.0430. The van der Waals surface area contributed by atoms with Crippen molar-refractivity contribution in [2.45, 2.75) is 37.7 Å². The van der Waals surface area contributed by atoms with E-state index < -0.39 is 10.5 Å². The van der Waals surface area contributed by atoms with Gasteiger partial charge in [-0.05, 0) is 25.0 Å². The second-order valence-corrected chi connectivity index (χ2v) is 6.39. The Hall–Kier alpha value is -2.74. The summed E-state index contributed by atoms with van der Waals surface area (Å²) in [5, 5.41) is 28.2. The normalized spacial score (nSPS) is 16.4. The molecule has 0 aliphatic heterocycles. The number of amides is 1. The van der Waals surface area contributed by atoms with Crippen molar-refractivity contribution in [3.63, 3.8) is 0 Å². The Bertz CT molecular complexity index is 780. The fourth-order valence-corrected chi connectivity index (χ4v) is 3.06. The molecular formula is C17H20N4O4. The summed E-state index contributed by atoms with van der Waals surface area (Å²) in [6.45, 7) is 0.204. The van der Waals surface area contributed by atoms with Gasteiger partial charge in [0.15, 0.2) is 5.69 Å². The van der Waals surface area contributed by atoms with E-state index in [-0.39, 0.29) is 23.8 Å². The number of benzene rings is 1. The van der Waals surface area contributed by atoms with E-state index in [9.17, 15) is 20.0 Å². The quantitative estimate of drug-likeness (QED) is 0.638. The van der Waals surface area contributed by atoms with Gasteiger partial charge in [-0.15, -0.1) is 0 Å². The fraction of sp³-hybridized carbons (Fsp3) is 0.412. The maximum absolute atomic E-state index is 12.2. The van der Waals surface area contributed by atoms with Gasteiger partial charge >= 0.3 is 0 Å². The summed E-state index contributed by atoms with van der Waals surface area (Å²) in [4.78, 5) is 22.6. The molecule has 0 saturated heterocycles. The number of hydrogen-bond acceptors (Lipinski definition) is 5. The van der Waals surface area contributed by atoms with Crippen LogP contribution in [0, 0.1) is 10.1 Å². The standard InChI is InChI=1S/C17H20N4O4/c22-16(18-12-17(23)8-2-1-3-9-17)15-7-10-20(19-15)13-5-4-6-14(11-13)21(24)25/h4-7,10-11,23H,1-3,8-9,12H2,(H,18,22). The molecule has 1 aromatic heterocycles. The van der Waals surface area contributed by atoms with Gasteiger partial charge in [0.25, 0.3) is 11.6 Å². The van der Waals surface area contributed by atoms with E-state index in [2.05, 4.69) is 10.4 Å². The molecule has 0 bridgehead atoms. The number of non-ortho nitro benzene ring substituents is 1. The highest BCUT2D eigenvalue weighted by Gasteiger charge is 2.29. The molecule has 8 nitrogen and oxygen atoms in total. The largest absolute Gasteiger partial charge is 0.388 e. The molecule has 132 valence electrons. The van der Waals surface area contributed by atoms with Crippen molar-refractivity contribution in [3.05, 3.63) is 52.3 Å². The lowest BCUT2D eigenvalue weighted by Crippen LogP contribution is -2.44. The van der Waals surface area contributed by atoms with Crippen molar-refractivity contribution in [2.75, 3.05) is 6.54 Å². The molecule has 0 spiro atoms. The average Bonchev–Trinajstić information content (AvgIpc) is 3.11. The first-order valence-corrected chi connectivity index (χ1v) is 8.28. The molecule has 8 heteroatoms. The van der Waals surface area contributed by atoms with Crippen LogP contribution in [-0.2, 0) is 0 Å². The molecule has 0 atom stereocenters. The first-order valence-electron chi connectivity index (χ1n) is 8.28. The van der Waals surface area contributed by atoms with Crippen LogP contribution in [0.4, 0.5) is 5.69 Å². The lowest BCUT2D eigenvalue weighted by atomic mass is 9.85. The first kappa shape index (κ1) is 17.1. The van der Waals surface area contributed by atoms with Gasteiger partial charge in [0.05, 0.1) is 16.2 Å². The number of hydrogen-bond donors (Lipinski definition) is 2. The summed E-state index contributed by atoms with van der Waals surface area (Å²) >= 11 is 0. The van der Waals surface area contributed by atoms with Crippen molar-refractivity contribution in [1.29, 1.82) is 0 Å². The summed E-state index contributed by atoms with van der Waals surface area (Å²) in [7, 11) is 0. The number of nitrogens with zero attached hydrogens (tertiary/aromatic N) is 3. The number of carbonyl (C=O) groups excluding carboxylic acids is 1. The number of rotatable bonds is 5. The topological polar surface area (TPSA) is 110 Å². The molecule has 1 aliphatic rings. The summed E-state index contributed by atoms with van der Waals surface area (Å²) in [6, 6.07) is 7.56. The zero-order valence-corrected chi connectivity index (χ0v) is 13.7. The van der Waals surface area contributed by atoms with Crippen LogP contribution in [0.15, 0.2) is 36.5 Å². The predicted molar refractivity (Wildman–Crippen MR) is 90.6 cm³/mol. The molecule has 0 radical (unpaired) electrons. The second-order valence-electron chi connectivity index (χ2n) is 6.39. The third-order valence-corrected chi connectivity index (χ3v) is 4.49. The molecule has 1 aromatic carbocycles. The number of nitro groups is 1. The van der Waals surface area contributed by atoms with E-state index in [1.807, 2.05) is 0 Å². The van der Waals surface area contributed by atoms with Crippen LogP contribution in [0.1, 0.15) is 42.6 Å².